The Kier molecular flexibility index (Phi) is 6.02. The molecule has 1 aliphatic heterocycles. The van der Waals surface area contributed by atoms with Crippen LogP contribution in [0.1, 0.15) is 33.4 Å². The first-order chi connectivity index (χ1) is 21.2. The summed E-state index contributed by atoms with van der Waals surface area (Å²) in [5.74, 6) is 1.74. The summed E-state index contributed by atoms with van der Waals surface area (Å²) < 4.78 is 6.55. The zero-order valence-corrected chi connectivity index (χ0v) is 23.6. The lowest BCUT2D eigenvalue weighted by atomic mass is 9.91. The minimum absolute atomic E-state index is 0.864. The van der Waals surface area contributed by atoms with Gasteiger partial charge in [0.05, 0.1) is 0 Å². The van der Waals surface area contributed by atoms with Crippen molar-refractivity contribution >= 4 is 27.9 Å². The fourth-order valence-corrected chi connectivity index (χ4v) is 6.36. The Morgan fingerprint density at radius 1 is 0.442 bits per heavy atom. The smallest absolute Gasteiger partial charge is 0.135 e. The minimum atomic E-state index is 0.864. The van der Waals surface area contributed by atoms with E-state index in [1.807, 2.05) is 12.1 Å². The van der Waals surface area contributed by atoms with Gasteiger partial charge >= 0.3 is 0 Å². The van der Waals surface area contributed by atoms with Crippen molar-refractivity contribution in [2.24, 2.45) is 0 Å². The van der Waals surface area contributed by atoms with E-state index >= 15 is 0 Å². The van der Waals surface area contributed by atoms with E-state index in [9.17, 15) is 0 Å². The Hall–Kier alpha value is -5.66. The van der Waals surface area contributed by atoms with Crippen LogP contribution < -0.4 is 4.74 Å². The van der Waals surface area contributed by atoms with Gasteiger partial charge in [-0.2, -0.15) is 0 Å². The number of allylic oxidation sites excluding steroid dienone is 10. The number of benzene rings is 5. The molecule has 1 heterocycles. The van der Waals surface area contributed by atoms with Gasteiger partial charge in [-0.25, -0.2) is 0 Å². The van der Waals surface area contributed by atoms with Crippen molar-refractivity contribution in [2.75, 3.05) is 0 Å². The predicted molar refractivity (Wildman–Crippen MR) is 179 cm³/mol. The quantitative estimate of drug-likeness (QED) is 0.218. The van der Waals surface area contributed by atoms with Crippen molar-refractivity contribution in [3.05, 3.63) is 209 Å². The van der Waals surface area contributed by atoms with Crippen molar-refractivity contribution in [2.45, 2.75) is 0 Å². The third-order valence-electron chi connectivity index (χ3n) is 8.38. The first kappa shape index (κ1) is 25.1. The molecular weight excluding hydrogens is 520 g/mol. The van der Waals surface area contributed by atoms with E-state index in [1.54, 1.807) is 0 Å². The molecule has 0 spiro atoms. The number of ether oxygens (including phenoxy) is 1. The van der Waals surface area contributed by atoms with Crippen molar-refractivity contribution in [1.82, 2.24) is 0 Å². The molecule has 0 N–H and O–H groups in total. The molecule has 0 saturated heterocycles. The topological polar surface area (TPSA) is 9.23 Å². The predicted octanol–water partition coefficient (Wildman–Crippen LogP) is 10.8. The molecule has 1 heteroatoms. The van der Waals surface area contributed by atoms with Crippen LogP contribution in [-0.2, 0) is 0 Å². The van der Waals surface area contributed by atoms with Crippen LogP contribution in [-0.4, -0.2) is 0 Å². The van der Waals surface area contributed by atoms with Crippen molar-refractivity contribution < 1.29 is 4.74 Å². The summed E-state index contributed by atoms with van der Waals surface area (Å²) in [5.41, 5.74) is 14.9. The maximum absolute atomic E-state index is 6.55. The number of hydrogen-bond donors (Lipinski definition) is 0. The van der Waals surface area contributed by atoms with Crippen molar-refractivity contribution in [3.8, 4) is 11.5 Å². The van der Waals surface area contributed by atoms with Gasteiger partial charge in [-0.1, -0.05) is 128 Å². The molecule has 0 unspecified atom stereocenters. The van der Waals surface area contributed by atoms with Crippen molar-refractivity contribution in [3.63, 3.8) is 0 Å². The highest BCUT2D eigenvalue weighted by Gasteiger charge is 2.33. The average molecular weight is 549 g/mol. The summed E-state index contributed by atoms with van der Waals surface area (Å²) in [5, 5.41) is 0. The molecular formula is C42H28O. The summed E-state index contributed by atoms with van der Waals surface area (Å²) >= 11 is 0. The highest BCUT2D eigenvalue weighted by molar-refractivity contribution is 6.26. The summed E-state index contributed by atoms with van der Waals surface area (Å²) in [4.78, 5) is 0. The molecule has 1 nitrogen and oxygen atoms in total. The summed E-state index contributed by atoms with van der Waals surface area (Å²) in [6.07, 6.45) is 9.10. The normalized spacial score (nSPS) is 16.0. The van der Waals surface area contributed by atoms with Crippen LogP contribution in [0, 0.1) is 0 Å². The van der Waals surface area contributed by atoms with Gasteiger partial charge in [-0.15, -0.1) is 0 Å². The second-order valence-corrected chi connectivity index (χ2v) is 11.0. The van der Waals surface area contributed by atoms with Gasteiger partial charge in [0, 0.05) is 22.3 Å². The maximum atomic E-state index is 6.55. The van der Waals surface area contributed by atoms with Crippen LogP contribution in [0.4, 0.5) is 0 Å². The summed E-state index contributed by atoms with van der Waals surface area (Å²) in [6, 6.07) is 46.6. The van der Waals surface area contributed by atoms with Gasteiger partial charge in [0.2, 0.25) is 0 Å². The Morgan fingerprint density at radius 3 is 1.56 bits per heavy atom. The molecule has 5 aromatic rings. The Labute approximate surface area is 252 Å². The van der Waals surface area contributed by atoms with E-state index < -0.39 is 0 Å². The second-order valence-electron chi connectivity index (χ2n) is 11.0. The van der Waals surface area contributed by atoms with Gasteiger partial charge < -0.3 is 4.74 Å². The van der Waals surface area contributed by atoms with E-state index in [4.69, 9.17) is 4.74 Å². The largest absolute Gasteiger partial charge is 0.456 e. The summed E-state index contributed by atoms with van der Waals surface area (Å²) in [7, 11) is 0. The minimum Gasteiger partial charge on any atom is -0.456 e. The van der Waals surface area contributed by atoms with Crippen LogP contribution in [0.15, 0.2) is 175 Å². The van der Waals surface area contributed by atoms with E-state index in [1.165, 1.54) is 39.0 Å². The first-order valence-electron chi connectivity index (χ1n) is 14.6. The molecule has 43 heavy (non-hydrogen) atoms. The zero-order chi connectivity index (χ0) is 28.8. The lowest BCUT2D eigenvalue weighted by Gasteiger charge is -2.14. The third kappa shape index (κ3) is 4.34. The van der Waals surface area contributed by atoms with Crippen LogP contribution in [0.2, 0.25) is 0 Å². The molecule has 202 valence electrons. The molecule has 0 amide bonds. The van der Waals surface area contributed by atoms with Crippen LogP contribution in [0.3, 0.4) is 0 Å². The van der Waals surface area contributed by atoms with Gasteiger partial charge in [0.15, 0.2) is 0 Å². The molecule has 0 saturated carbocycles. The molecule has 2 aliphatic carbocycles. The second kappa shape index (κ2) is 10.3. The zero-order valence-electron chi connectivity index (χ0n) is 23.6. The summed E-state index contributed by atoms with van der Waals surface area (Å²) in [6.45, 7) is 4.60. The van der Waals surface area contributed by atoms with Gasteiger partial charge in [-0.3, -0.25) is 0 Å². The Balaban J connectivity index is 1.38. The number of para-hydroxylation sites is 2. The molecule has 0 bridgehead atoms. The van der Waals surface area contributed by atoms with E-state index in [0.29, 0.717) is 0 Å². The molecule has 0 atom stereocenters. The molecule has 0 radical (unpaired) electrons. The molecule has 8 rings (SSSR count). The highest BCUT2D eigenvalue weighted by atomic mass is 16.5. The van der Waals surface area contributed by atoms with E-state index in [2.05, 4.69) is 152 Å². The van der Waals surface area contributed by atoms with Gasteiger partial charge in [0.25, 0.3) is 0 Å². The average Bonchev–Trinajstić information content (AvgIpc) is 3.17. The number of rotatable bonds is 3. The molecule has 5 aromatic carbocycles. The van der Waals surface area contributed by atoms with E-state index in [-0.39, 0.29) is 0 Å². The monoisotopic (exact) mass is 548 g/mol. The standard InChI is InChI=1S/C42H28O/c1-28-24-32(29-14-4-2-5-15-29)26-33(30-16-6-3-7-17-30)25-31(28)27-38-34-18-8-9-19-35(34)41-36-20-10-12-22-39(36)43-40-23-13-11-21-37(40)42(38)41/h2-27H,1H2/b38-27-. The molecule has 0 aromatic heterocycles. The Morgan fingerprint density at radius 2 is 0.930 bits per heavy atom. The maximum Gasteiger partial charge on any atom is 0.135 e. The van der Waals surface area contributed by atoms with Crippen LogP contribution in [0.5, 0.6) is 11.5 Å². The SMILES string of the molecule is C=C1C=C(c2ccccc2)C=C(c2ccccc2)C=C1/C=C1\C2=C(c3ccccc3Oc3ccccc32)c2ccccc21. The number of hydrogen-bond acceptors (Lipinski definition) is 1. The Bertz CT molecular complexity index is 2080. The molecule has 3 aliphatic rings. The van der Waals surface area contributed by atoms with Gasteiger partial charge in [0.1, 0.15) is 11.5 Å². The van der Waals surface area contributed by atoms with Crippen molar-refractivity contribution in [1.29, 1.82) is 0 Å². The highest BCUT2D eigenvalue weighted by Crippen LogP contribution is 2.55. The molecule has 0 fully saturated rings. The van der Waals surface area contributed by atoms with Crippen LogP contribution in [0.25, 0.3) is 27.9 Å². The fourth-order valence-electron chi connectivity index (χ4n) is 6.36. The van der Waals surface area contributed by atoms with Gasteiger partial charge in [-0.05, 0) is 86.6 Å². The van der Waals surface area contributed by atoms with Crippen LogP contribution >= 0.6 is 0 Å². The lowest BCUT2D eigenvalue weighted by molar-refractivity contribution is 0.481. The fraction of sp³-hybridized carbons (Fsp3) is 0. The number of fused-ring (bicyclic) bond motifs is 6. The van der Waals surface area contributed by atoms with E-state index in [0.717, 1.165) is 44.9 Å². The lowest BCUT2D eigenvalue weighted by Crippen LogP contribution is -1.93. The third-order valence-corrected chi connectivity index (χ3v) is 8.38. The first-order valence-corrected chi connectivity index (χ1v) is 14.6.